The van der Waals surface area contributed by atoms with Gasteiger partial charge in [-0.3, -0.25) is 4.79 Å². The number of rotatable bonds is 10. The van der Waals surface area contributed by atoms with Crippen molar-refractivity contribution in [2.24, 2.45) is 11.7 Å². The second kappa shape index (κ2) is 12.4. The minimum absolute atomic E-state index is 0.0124. The van der Waals surface area contributed by atoms with Crippen LogP contribution in [0.2, 0.25) is 0 Å². The molecule has 4 rings (SSSR count). The van der Waals surface area contributed by atoms with E-state index < -0.39 is 24.2 Å². The van der Waals surface area contributed by atoms with Crippen LogP contribution in [0.4, 0.5) is 17.6 Å². The molecule has 0 aliphatic heterocycles. The molecule has 3 N–H and O–H groups in total. The van der Waals surface area contributed by atoms with Gasteiger partial charge in [0.05, 0.1) is 13.2 Å². The molecule has 1 saturated carbocycles. The smallest absolute Gasteiger partial charge is 0.387 e. The summed E-state index contributed by atoms with van der Waals surface area (Å²) in [7, 11) is 0. The average Bonchev–Trinajstić information content (AvgIpc) is 3.59. The molecule has 1 amide bonds. The Hall–Kier alpha value is -3.60. The number of benzene rings is 2. The number of hydrogen-bond donors (Lipinski definition) is 2. The number of aromatic nitrogens is 1. The van der Waals surface area contributed by atoms with Gasteiger partial charge in [0.15, 0.2) is 23.0 Å². The second-order valence-electron chi connectivity index (χ2n) is 7.71. The van der Waals surface area contributed by atoms with Gasteiger partial charge in [0.25, 0.3) is 5.91 Å². The van der Waals surface area contributed by atoms with Gasteiger partial charge in [-0.2, -0.15) is 8.78 Å². The van der Waals surface area contributed by atoms with E-state index in [2.05, 4.69) is 15.0 Å². The summed E-state index contributed by atoms with van der Waals surface area (Å²) in [6, 6.07) is 7.17. The van der Waals surface area contributed by atoms with Crippen molar-refractivity contribution in [3.63, 3.8) is 0 Å². The third-order valence-corrected chi connectivity index (χ3v) is 5.13. The predicted octanol–water partition coefficient (Wildman–Crippen LogP) is 5.42. The summed E-state index contributed by atoms with van der Waals surface area (Å²) < 4.78 is 68.2. The Morgan fingerprint density at radius 3 is 2.56 bits per heavy atom. The standard InChI is InChI=1S/C23H21F4N3O4.C2H6/c24-15-5-3-14(16(25)8-15)10-29-21(31)20-19(9-28)33-22(30-20)13-4-6-17(34-23(26)27)18(7-13)32-11-12-1-2-12;1-2/h3-8,12,23H,1-2,9-11,28H2,(H,29,31);1-2H3. The highest BCUT2D eigenvalue weighted by Gasteiger charge is 2.24. The van der Waals surface area contributed by atoms with Crippen LogP contribution < -0.4 is 20.5 Å². The van der Waals surface area contributed by atoms with E-state index in [4.69, 9.17) is 14.9 Å². The number of nitrogens with two attached hydrogens (primary N) is 1. The van der Waals surface area contributed by atoms with Gasteiger partial charge in [-0.1, -0.05) is 19.9 Å². The summed E-state index contributed by atoms with van der Waals surface area (Å²) in [5, 5.41) is 2.49. The first-order valence-corrected chi connectivity index (χ1v) is 11.5. The second-order valence-corrected chi connectivity index (χ2v) is 7.71. The summed E-state index contributed by atoms with van der Waals surface area (Å²) in [5.41, 5.74) is 6.00. The van der Waals surface area contributed by atoms with E-state index in [9.17, 15) is 22.4 Å². The first-order valence-electron chi connectivity index (χ1n) is 11.5. The fourth-order valence-corrected chi connectivity index (χ4v) is 3.15. The Bertz CT molecular complexity index is 1180. The molecule has 36 heavy (non-hydrogen) atoms. The molecule has 1 aliphatic carbocycles. The molecular formula is C25H27F4N3O4. The number of halogens is 4. The molecule has 0 bridgehead atoms. The summed E-state index contributed by atoms with van der Waals surface area (Å²) in [4.78, 5) is 16.8. The molecule has 7 nitrogen and oxygen atoms in total. The van der Waals surface area contributed by atoms with Crippen LogP contribution in [0.1, 0.15) is 48.5 Å². The summed E-state index contributed by atoms with van der Waals surface area (Å²) >= 11 is 0. The maximum Gasteiger partial charge on any atom is 0.387 e. The van der Waals surface area contributed by atoms with E-state index in [-0.39, 0.29) is 47.5 Å². The van der Waals surface area contributed by atoms with Gasteiger partial charge in [0, 0.05) is 23.7 Å². The Labute approximate surface area is 205 Å². The van der Waals surface area contributed by atoms with Crippen LogP contribution in [0.3, 0.4) is 0 Å². The van der Waals surface area contributed by atoms with Crippen LogP contribution in [-0.2, 0) is 13.1 Å². The van der Waals surface area contributed by atoms with Crippen LogP contribution in [0, 0.1) is 17.6 Å². The molecule has 1 heterocycles. The number of oxazole rings is 1. The number of carbonyl (C=O) groups is 1. The third kappa shape index (κ3) is 6.97. The maximum absolute atomic E-state index is 13.8. The SMILES string of the molecule is CC.NCc1oc(-c2ccc(OC(F)F)c(OCC3CC3)c2)nc1C(=O)NCc1ccc(F)cc1F. The topological polar surface area (TPSA) is 99.6 Å². The number of alkyl halides is 2. The Kier molecular flexibility index (Phi) is 9.29. The molecule has 194 valence electrons. The van der Waals surface area contributed by atoms with Gasteiger partial charge in [0.2, 0.25) is 5.89 Å². The minimum atomic E-state index is -3.03. The molecule has 11 heteroatoms. The lowest BCUT2D eigenvalue weighted by molar-refractivity contribution is -0.0515. The molecule has 0 spiro atoms. The molecule has 0 radical (unpaired) electrons. The average molecular weight is 510 g/mol. The van der Waals surface area contributed by atoms with Gasteiger partial charge in [-0.25, -0.2) is 13.8 Å². The third-order valence-electron chi connectivity index (χ3n) is 5.13. The monoisotopic (exact) mass is 509 g/mol. The normalized spacial score (nSPS) is 12.7. The summed E-state index contributed by atoms with van der Waals surface area (Å²) in [6.07, 6.45) is 2.01. The van der Waals surface area contributed by atoms with Gasteiger partial charge in [-0.15, -0.1) is 0 Å². The fraction of sp³-hybridized carbons (Fsp3) is 0.360. The lowest BCUT2D eigenvalue weighted by Crippen LogP contribution is -2.25. The van der Waals surface area contributed by atoms with Gasteiger partial charge < -0.3 is 24.9 Å². The van der Waals surface area contributed by atoms with Crippen molar-refractivity contribution in [1.82, 2.24) is 10.3 Å². The van der Waals surface area contributed by atoms with E-state index in [0.717, 1.165) is 18.9 Å². The number of amides is 1. The van der Waals surface area contributed by atoms with Crippen molar-refractivity contribution in [3.8, 4) is 23.0 Å². The van der Waals surface area contributed by atoms with Crippen LogP contribution in [-0.4, -0.2) is 24.1 Å². The van der Waals surface area contributed by atoms with Crippen molar-refractivity contribution in [2.75, 3.05) is 6.61 Å². The summed E-state index contributed by atoms with van der Waals surface area (Å²) in [6.45, 7) is 0.964. The Morgan fingerprint density at radius 1 is 1.17 bits per heavy atom. The van der Waals surface area contributed by atoms with Crippen molar-refractivity contribution in [1.29, 1.82) is 0 Å². The Morgan fingerprint density at radius 2 is 1.92 bits per heavy atom. The molecular weight excluding hydrogens is 482 g/mol. The highest BCUT2D eigenvalue weighted by atomic mass is 19.3. The van der Waals surface area contributed by atoms with Crippen molar-refractivity contribution in [3.05, 3.63) is 65.1 Å². The molecule has 3 aromatic rings. The molecule has 0 atom stereocenters. The molecule has 1 aliphatic rings. The molecule has 0 unspecified atom stereocenters. The fourth-order valence-electron chi connectivity index (χ4n) is 3.15. The minimum Gasteiger partial charge on any atom is -0.489 e. The number of ether oxygens (including phenoxy) is 2. The van der Waals surface area contributed by atoms with Gasteiger partial charge in [0.1, 0.15) is 11.6 Å². The van der Waals surface area contributed by atoms with E-state index in [1.165, 1.54) is 24.3 Å². The van der Waals surface area contributed by atoms with Gasteiger partial charge >= 0.3 is 6.61 Å². The zero-order chi connectivity index (χ0) is 26.2. The van der Waals surface area contributed by atoms with E-state index in [0.29, 0.717) is 24.2 Å². The highest BCUT2D eigenvalue weighted by molar-refractivity contribution is 5.93. The summed E-state index contributed by atoms with van der Waals surface area (Å²) in [5.74, 6) is -1.80. The number of carbonyl (C=O) groups excluding carboxylic acids is 1. The highest BCUT2D eigenvalue weighted by Crippen LogP contribution is 2.36. The van der Waals surface area contributed by atoms with Crippen LogP contribution in [0.5, 0.6) is 11.5 Å². The van der Waals surface area contributed by atoms with Crippen LogP contribution in [0.25, 0.3) is 11.5 Å². The zero-order valence-corrected chi connectivity index (χ0v) is 19.8. The molecule has 2 aromatic carbocycles. The van der Waals surface area contributed by atoms with Crippen LogP contribution >= 0.6 is 0 Å². The number of nitrogens with zero attached hydrogens (tertiary/aromatic N) is 1. The van der Waals surface area contributed by atoms with Crippen LogP contribution in [0.15, 0.2) is 40.8 Å². The first kappa shape index (κ1) is 27.0. The van der Waals surface area contributed by atoms with E-state index >= 15 is 0 Å². The number of hydrogen-bond acceptors (Lipinski definition) is 6. The largest absolute Gasteiger partial charge is 0.489 e. The Balaban J connectivity index is 0.00000176. The number of nitrogens with one attached hydrogen (secondary N) is 1. The van der Waals surface area contributed by atoms with Gasteiger partial charge in [-0.05, 0) is 43.0 Å². The molecule has 1 aromatic heterocycles. The zero-order valence-electron chi connectivity index (χ0n) is 19.8. The lowest BCUT2D eigenvalue weighted by Gasteiger charge is -2.12. The predicted molar refractivity (Wildman–Crippen MR) is 124 cm³/mol. The van der Waals surface area contributed by atoms with Crippen molar-refractivity contribution < 1.29 is 36.2 Å². The van der Waals surface area contributed by atoms with E-state index in [1.54, 1.807) is 0 Å². The van der Waals surface area contributed by atoms with Crippen molar-refractivity contribution >= 4 is 5.91 Å². The molecule has 1 fully saturated rings. The van der Waals surface area contributed by atoms with E-state index in [1.807, 2.05) is 13.8 Å². The quantitative estimate of drug-likeness (QED) is 0.354. The molecule has 0 saturated heterocycles. The lowest BCUT2D eigenvalue weighted by atomic mass is 10.2. The maximum atomic E-state index is 13.8. The first-order chi connectivity index (χ1) is 17.3. The van der Waals surface area contributed by atoms with Crippen molar-refractivity contribution in [2.45, 2.75) is 46.4 Å².